The number of aliphatic hydroxyl groups excluding tert-OH is 1. The molecule has 4 atom stereocenters. The van der Waals surface area contributed by atoms with Crippen LogP contribution in [-0.2, 0) is 4.74 Å². The molecule has 0 radical (unpaired) electrons. The third kappa shape index (κ3) is 3.71. The van der Waals surface area contributed by atoms with Gasteiger partial charge in [0.05, 0.1) is 12.7 Å². The van der Waals surface area contributed by atoms with Gasteiger partial charge in [-0.25, -0.2) is 0 Å². The Balaban J connectivity index is 1.84. The van der Waals surface area contributed by atoms with Gasteiger partial charge in [0.15, 0.2) is 0 Å². The van der Waals surface area contributed by atoms with E-state index in [1.54, 1.807) is 0 Å². The first-order chi connectivity index (χ1) is 9.08. The van der Waals surface area contributed by atoms with E-state index in [1.807, 2.05) is 24.3 Å². The van der Waals surface area contributed by atoms with Gasteiger partial charge in [0.25, 0.3) is 0 Å². The first-order valence-corrected chi connectivity index (χ1v) is 7.22. The number of nitrogens with two attached hydrogens (primary N) is 1. The largest absolute Gasteiger partial charge is 0.398 e. The molecule has 0 aromatic heterocycles. The van der Waals surface area contributed by atoms with Gasteiger partial charge in [-0.3, -0.25) is 0 Å². The van der Waals surface area contributed by atoms with Crippen molar-refractivity contribution in [2.75, 3.05) is 12.3 Å². The summed E-state index contributed by atoms with van der Waals surface area (Å²) in [4.78, 5) is 0. The highest BCUT2D eigenvalue weighted by Gasteiger charge is 2.25. The molecule has 2 rings (SSSR count). The molecule has 19 heavy (non-hydrogen) atoms. The van der Waals surface area contributed by atoms with Crippen molar-refractivity contribution < 1.29 is 9.84 Å². The van der Waals surface area contributed by atoms with Gasteiger partial charge >= 0.3 is 0 Å². The summed E-state index contributed by atoms with van der Waals surface area (Å²) in [6.07, 6.45) is 3.07. The van der Waals surface area contributed by atoms with Crippen LogP contribution in [0.4, 0.5) is 5.69 Å². The first-order valence-electron chi connectivity index (χ1n) is 7.22. The van der Waals surface area contributed by atoms with Crippen molar-refractivity contribution in [3.63, 3.8) is 0 Å². The summed E-state index contributed by atoms with van der Waals surface area (Å²) in [7, 11) is 0. The Kier molecular flexibility index (Phi) is 4.83. The monoisotopic (exact) mass is 263 g/mol. The Morgan fingerprint density at radius 2 is 2.00 bits per heavy atom. The van der Waals surface area contributed by atoms with Gasteiger partial charge < -0.3 is 15.6 Å². The first kappa shape index (κ1) is 14.4. The van der Waals surface area contributed by atoms with Crippen molar-refractivity contribution >= 4 is 5.69 Å². The van der Waals surface area contributed by atoms with Gasteiger partial charge in [0, 0.05) is 11.3 Å². The molecule has 0 bridgehead atoms. The number of anilines is 1. The smallest absolute Gasteiger partial charge is 0.104 e. The van der Waals surface area contributed by atoms with Gasteiger partial charge in [0.2, 0.25) is 0 Å². The lowest BCUT2D eigenvalue weighted by Crippen LogP contribution is -2.28. The molecule has 1 fully saturated rings. The van der Waals surface area contributed by atoms with E-state index < -0.39 is 6.10 Å². The van der Waals surface area contributed by atoms with Crippen molar-refractivity contribution in [1.82, 2.24) is 0 Å². The second-order valence-electron chi connectivity index (χ2n) is 5.87. The third-order valence-corrected chi connectivity index (χ3v) is 4.39. The average Bonchev–Trinajstić information content (AvgIpc) is 2.40. The summed E-state index contributed by atoms with van der Waals surface area (Å²) in [5, 5.41) is 10.1. The SMILES string of the molecule is CC1CCC(OCC(O)c2ccccc2N)CC1C. The molecule has 0 amide bonds. The molecule has 0 spiro atoms. The van der Waals surface area contributed by atoms with E-state index in [2.05, 4.69) is 13.8 Å². The fourth-order valence-corrected chi connectivity index (χ4v) is 2.78. The molecular weight excluding hydrogens is 238 g/mol. The Morgan fingerprint density at radius 3 is 2.68 bits per heavy atom. The fraction of sp³-hybridized carbons (Fsp3) is 0.625. The number of aliphatic hydroxyl groups is 1. The van der Waals surface area contributed by atoms with Crippen LogP contribution >= 0.6 is 0 Å². The van der Waals surface area contributed by atoms with Gasteiger partial charge in [-0.15, -0.1) is 0 Å². The van der Waals surface area contributed by atoms with E-state index in [4.69, 9.17) is 10.5 Å². The van der Waals surface area contributed by atoms with Crippen LogP contribution < -0.4 is 5.73 Å². The minimum atomic E-state index is -0.629. The molecule has 0 aliphatic heterocycles. The van der Waals surface area contributed by atoms with Crippen LogP contribution in [0.15, 0.2) is 24.3 Å². The van der Waals surface area contributed by atoms with E-state index in [-0.39, 0.29) is 6.10 Å². The van der Waals surface area contributed by atoms with E-state index in [9.17, 15) is 5.11 Å². The predicted octanol–water partition coefficient (Wildman–Crippen LogP) is 3.14. The lowest BCUT2D eigenvalue weighted by molar-refractivity contribution is -0.0395. The van der Waals surface area contributed by atoms with Gasteiger partial charge in [-0.1, -0.05) is 32.0 Å². The van der Waals surface area contributed by atoms with Crippen LogP contribution in [0.25, 0.3) is 0 Å². The number of ether oxygens (including phenoxy) is 1. The molecule has 1 aliphatic carbocycles. The Hall–Kier alpha value is -1.06. The van der Waals surface area contributed by atoms with Crippen LogP contribution in [0.3, 0.4) is 0 Å². The molecule has 1 aliphatic rings. The normalized spacial score (nSPS) is 29.1. The molecule has 4 unspecified atom stereocenters. The molecule has 1 aromatic rings. The van der Waals surface area contributed by atoms with E-state index in [0.29, 0.717) is 18.2 Å². The summed E-state index contributed by atoms with van der Waals surface area (Å²) < 4.78 is 5.87. The number of nitrogen functional groups attached to an aromatic ring is 1. The molecule has 106 valence electrons. The van der Waals surface area contributed by atoms with Crippen LogP contribution in [-0.4, -0.2) is 17.8 Å². The van der Waals surface area contributed by atoms with Crippen molar-refractivity contribution in [1.29, 1.82) is 0 Å². The highest BCUT2D eigenvalue weighted by atomic mass is 16.5. The van der Waals surface area contributed by atoms with Crippen molar-refractivity contribution in [3.8, 4) is 0 Å². The standard InChI is InChI=1S/C16H25NO2/c1-11-7-8-13(9-12(11)2)19-10-16(18)14-5-3-4-6-15(14)17/h3-6,11-13,16,18H,7-10,17H2,1-2H3. The molecule has 0 saturated heterocycles. The summed E-state index contributed by atoms with van der Waals surface area (Å²) in [6, 6.07) is 7.42. The van der Waals surface area contributed by atoms with Gasteiger partial charge in [-0.05, 0) is 37.2 Å². The van der Waals surface area contributed by atoms with Crippen molar-refractivity contribution in [3.05, 3.63) is 29.8 Å². The quantitative estimate of drug-likeness (QED) is 0.820. The van der Waals surface area contributed by atoms with Crippen LogP contribution in [0.2, 0.25) is 0 Å². The summed E-state index contributed by atoms with van der Waals surface area (Å²) in [5.41, 5.74) is 7.25. The highest BCUT2D eigenvalue weighted by molar-refractivity contribution is 5.47. The predicted molar refractivity (Wildman–Crippen MR) is 77.7 cm³/mol. The number of hydrogen-bond donors (Lipinski definition) is 2. The zero-order valence-corrected chi connectivity index (χ0v) is 11.9. The van der Waals surface area contributed by atoms with Crippen LogP contribution in [0, 0.1) is 11.8 Å². The molecule has 0 heterocycles. The number of benzene rings is 1. The molecule has 1 saturated carbocycles. The third-order valence-electron chi connectivity index (χ3n) is 4.39. The topological polar surface area (TPSA) is 55.5 Å². The maximum Gasteiger partial charge on any atom is 0.104 e. The van der Waals surface area contributed by atoms with Gasteiger partial charge in [-0.2, -0.15) is 0 Å². The number of hydrogen-bond acceptors (Lipinski definition) is 3. The molecule has 3 N–H and O–H groups in total. The Morgan fingerprint density at radius 1 is 1.26 bits per heavy atom. The van der Waals surface area contributed by atoms with Crippen molar-refractivity contribution in [2.24, 2.45) is 11.8 Å². The average molecular weight is 263 g/mol. The second kappa shape index (κ2) is 6.40. The summed E-state index contributed by atoms with van der Waals surface area (Å²) in [5.74, 6) is 1.49. The molecule has 3 nitrogen and oxygen atoms in total. The maximum atomic E-state index is 10.1. The van der Waals surface area contributed by atoms with E-state index in [1.165, 1.54) is 6.42 Å². The zero-order chi connectivity index (χ0) is 13.8. The zero-order valence-electron chi connectivity index (χ0n) is 11.9. The fourth-order valence-electron chi connectivity index (χ4n) is 2.78. The summed E-state index contributed by atoms with van der Waals surface area (Å²) in [6.45, 7) is 4.92. The maximum absolute atomic E-state index is 10.1. The van der Waals surface area contributed by atoms with Crippen LogP contribution in [0.1, 0.15) is 44.8 Å². The number of para-hydroxylation sites is 1. The Bertz CT molecular complexity index is 407. The van der Waals surface area contributed by atoms with Gasteiger partial charge in [0.1, 0.15) is 6.10 Å². The van der Waals surface area contributed by atoms with E-state index in [0.717, 1.165) is 24.3 Å². The second-order valence-corrected chi connectivity index (χ2v) is 5.87. The molecular formula is C16H25NO2. The molecule has 1 aromatic carbocycles. The minimum Gasteiger partial charge on any atom is -0.398 e. The lowest BCUT2D eigenvalue weighted by Gasteiger charge is -2.32. The number of rotatable bonds is 4. The highest BCUT2D eigenvalue weighted by Crippen LogP contribution is 2.31. The van der Waals surface area contributed by atoms with Crippen LogP contribution in [0.5, 0.6) is 0 Å². The molecule has 3 heteroatoms. The summed E-state index contributed by atoms with van der Waals surface area (Å²) >= 11 is 0. The lowest BCUT2D eigenvalue weighted by atomic mass is 9.80. The Labute approximate surface area is 115 Å². The van der Waals surface area contributed by atoms with E-state index >= 15 is 0 Å². The minimum absolute atomic E-state index is 0.283. The van der Waals surface area contributed by atoms with Crippen molar-refractivity contribution in [2.45, 2.75) is 45.3 Å².